The molecule has 0 aromatic heterocycles. The number of ether oxygens (including phenoxy) is 4. The second-order valence-electron chi connectivity index (χ2n) is 7.24. The Kier molecular flexibility index (Phi) is 8.66. The van der Waals surface area contributed by atoms with Crippen LogP contribution in [0.15, 0.2) is 66.7 Å². The van der Waals surface area contributed by atoms with Crippen LogP contribution in [-0.2, 0) is 11.3 Å². The minimum absolute atomic E-state index is 0.210. The molecule has 0 heterocycles. The highest BCUT2D eigenvalue weighted by atomic mass is 16.7. The topological polar surface area (TPSA) is 112 Å². The van der Waals surface area contributed by atoms with E-state index in [0.717, 1.165) is 5.56 Å². The van der Waals surface area contributed by atoms with Gasteiger partial charge in [-0.2, -0.15) is 0 Å². The summed E-state index contributed by atoms with van der Waals surface area (Å²) < 4.78 is 20.1. The van der Waals surface area contributed by atoms with E-state index in [2.05, 4.69) is 10.6 Å². The zero-order valence-corrected chi connectivity index (χ0v) is 19.6. The Morgan fingerprint density at radius 2 is 1.37 bits per heavy atom. The van der Waals surface area contributed by atoms with Crippen molar-refractivity contribution in [3.8, 4) is 17.2 Å². The summed E-state index contributed by atoms with van der Waals surface area (Å²) in [5.41, 5.74) is 2.26. The molecule has 0 bridgehead atoms. The van der Waals surface area contributed by atoms with E-state index in [9.17, 15) is 14.4 Å². The first kappa shape index (κ1) is 25.1. The number of anilines is 1. The normalized spacial score (nSPS) is 10.1. The van der Waals surface area contributed by atoms with Gasteiger partial charge in [0.15, 0.2) is 0 Å². The number of methoxy groups -OCH3 is 2. The molecule has 0 radical (unpaired) electrons. The minimum Gasteiger partial charge on any atom is -0.497 e. The van der Waals surface area contributed by atoms with Gasteiger partial charge in [0.05, 0.1) is 20.8 Å². The predicted octanol–water partition coefficient (Wildman–Crippen LogP) is 4.42. The fourth-order valence-electron chi connectivity index (χ4n) is 3.05. The maximum Gasteiger partial charge on any atom is 0.513 e. The molecule has 0 saturated heterocycles. The van der Waals surface area contributed by atoms with E-state index in [-0.39, 0.29) is 24.2 Å². The Balaban J connectivity index is 1.54. The lowest BCUT2D eigenvalue weighted by Crippen LogP contribution is -2.22. The summed E-state index contributed by atoms with van der Waals surface area (Å²) >= 11 is 0. The molecule has 9 heteroatoms. The highest BCUT2D eigenvalue weighted by Gasteiger charge is 2.11. The van der Waals surface area contributed by atoms with Gasteiger partial charge in [0.2, 0.25) is 0 Å². The summed E-state index contributed by atoms with van der Waals surface area (Å²) in [4.78, 5) is 36.4. The molecule has 9 nitrogen and oxygen atoms in total. The predicted molar refractivity (Wildman–Crippen MR) is 129 cm³/mol. The lowest BCUT2D eigenvalue weighted by molar-refractivity contribution is 0.0948. The van der Waals surface area contributed by atoms with Crippen LogP contribution in [0.3, 0.4) is 0 Å². The Morgan fingerprint density at radius 3 is 1.94 bits per heavy atom. The fourth-order valence-corrected chi connectivity index (χ4v) is 3.05. The third-order valence-corrected chi connectivity index (χ3v) is 4.86. The van der Waals surface area contributed by atoms with Gasteiger partial charge in [-0.25, -0.2) is 4.79 Å². The van der Waals surface area contributed by atoms with E-state index in [1.807, 2.05) is 0 Å². The van der Waals surface area contributed by atoms with E-state index in [4.69, 9.17) is 18.9 Å². The molecule has 0 unspecified atom stereocenters. The van der Waals surface area contributed by atoms with E-state index < -0.39 is 6.16 Å². The number of rotatable bonds is 9. The first-order chi connectivity index (χ1) is 16.9. The van der Waals surface area contributed by atoms with Gasteiger partial charge >= 0.3 is 6.16 Å². The van der Waals surface area contributed by atoms with Crippen molar-refractivity contribution in [1.29, 1.82) is 0 Å². The van der Waals surface area contributed by atoms with Crippen LogP contribution in [-0.4, -0.2) is 38.8 Å². The van der Waals surface area contributed by atoms with Gasteiger partial charge in [-0.1, -0.05) is 12.1 Å². The van der Waals surface area contributed by atoms with E-state index in [1.165, 1.54) is 26.4 Å². The van der Waals surface area contributed by atoms with E-state index in [1.54, 1.807) is 61.5 Å². The summed E-state index contributed by atoms with van der Waals surface area (Å²) in [7, 11) is 3.04. The average molecular weight is 479 g/mol. The summed E-state index contributed by atoms with van der Waals surface area (Å²) in [6.45, 7) is 2.19. The molecule has 2 N–H and O–H groups in total. The molecule has 3 aromatic rings. The largest absolute Gasteiger partial charge is 0.513 e. The lowest BCUT2D eigenvalue weighted by Gasteiger charge is -2.10. The molecular formula is C26H26N2O7. The van der Waals surface area contributed by atoms with Gasteiger partial charge in [0, 0.05) is 29.4 Å². The lowest BCUT2D eigenvalue weighted by atomic mass is 10.1. The quantitative estimate of drug-likeness (QED) is 0.346. The monoisotopic (exact) mass is 478 g/mol. The third-order valence-electron chi connectivity index (χ3n) is 4.86. The third kappa shape index (κ3) is 7.23. The first-order valence-electron chi connectivity index (χ1n) is 10.8. The zero-order chi connectivity index (χ0) is 25.2. The van der Waals surface area contributed by atoms with Gasteiger partial charge in [-0.3, -0.25) is 9.59 Å². The summed E-state index contributed by atoms with van der Waals surface area (Å²) in [5, 5.41) is 5.64. The number of carbonyl (C=O) groups excluding carboxylic acids is 3. The molecule has 0 aliphatic heterocycles. The van der Waals surface area contributed by atoms with Crippen molar-refractivity contribution in [2.45, 2.75) is 13.5 Å². The zero-order valence-electron chi connectivity index (χ0n) is 19.6. The number of carbonyl (C=O) groups is 3. The van der Waals surface area contributed by atoms with Crippen LogP contribution in [0.1, 0.15) is 33.2 Å². The van der Waals surface area contributed by atoms with Crippen molar-refractivity contribution in [1.82, 2.24) is 5.32 Å². The van der Waals surface area contributed by atoms with Crippen molar-refractivity contribution in [3.05, 3.63) is 83.4 Å². The molecule has 182 valence electrons. The SMILES string of the molecule is CCOC(=O)Oc1ccc(C(=O)Nc2ccc(CNC(=O)c3cc(OC)cc(OC)c3)cc2)cc1. The molecular weight excluding hydrogens is 452 g/mol. The van der Waals surface area contributed by atoms with Crippen molar-refractivity contribution in [2.24, 2.45) is 0 Å². The second-order valence-corrected chi connectivity index (χ2v) is 7.24. The number of hydrogen-bond donors (Lipinski definition) is 2. The molecule has 0 saturated carbocycles. The second kappa shape index (κ2) is 12.1. The van der Waals surface area contributed by atoms with Gasteiger partial charge < -0.3 is 29.6 Å². The Morgan fingerprint density at radius 1 is 0.743 bits per heavy atom. The number of nitrogens with one attached hydrogen (secondary N) is 2. The molecule has 0 atom stereocenters. The summed E-state index contributed by atoms with van der Waals surface area (Å²) in [6.07, 6.45) is -0.802. The van der Waals surface area contributed by atoms with Crippen molar-refractivity contribution in [2.75, 3.05) is 26.1 Å². The Bertz CT molecular complexity index is 1150. The van der Waals surface area contributed by atoms with Crippen LogP contribution in [0.5, 0.6) is 17.2 Å². The molecule has 0 fully saturated rings. The Labute approximate surface area is 203 Å². The molecule has 3 rings (SSSR count). The summed E-state index contributed by atoms with van der Waals surface area (Å²) in [5.74, 6) is 0.737. The van der Waals surface area contributed by atoms with Crippen LogP contribution in [0.4, 0.5) is 10.5 Å². The molecule has 0 aliphatic rings. The van der Waals surface area contributed by atoms with Crippen LogP contribution in [0, 0.1) is 0 Å². The maximum atomic E-state index is 12.5. The summed E-state index contributed by atoms with van der Waals surface area (Å²) in [6, 6.07) is 18.1. The highest BCUT2D eigenvalue weighted by molar-refractivity contribution is 6.04. The van der Waals surface area contributed by atoms with Crippen molar-refractivity contribution in [3.63, 3.8) is 0 Å². The van der Waals surface area contributed by atoms with Crippen LogP contribution >= 0.6 is 0 Å². The molecule has 35 heavy (non-hydrogen) atoms. The van der Waals surface area contributed by atoms with Gasteiger partial charge in [-0.05, 0) is 61.0 Å². The van der Waals surface area contributed by atoms with Gasteiger partial charge in [0.1, 0.15) is 17.2 Å². The number of benzene rings is 3. The standard InChI is InChI=1S/C26H26N2O7/c1-4-34-26(31)35-21-11-7-18(8-12-21)25(30)28-20-9-5-17(6-10-20)16-27-24(29)19-13-22(32-2)15-23(14-19)33-3/h5-15H,4,16H2,1-3H3,(H,27,29)(H,28,30). The fraction of sp³-hybridized carbons (Fsp3) is 0.192. The molecule has 0 aliphatic carbocycles. The molecule has 0 spiro atoms. The molecule has 3 aromatic carbocycles. The highest BCUT2D eigenvalue weighted by Crippen LogP contribution is 2.22. The number of hydrogen-bond acceptors (Lipinski definition) is 7. The maximum absolute atomic E-state index is 12.5. The van der Waals surface area contributed by atoms with Gasteiger partial charge in [-0.15, -0.1) is 0 Å². The van der Waals surface area contributed by atoms with Crippen LogP contribution in [0.25, 0.3) is 0 Å². The number of amides is 2. The van der Waals surface area contributed by atoms with Crippen molar-refractivity contribution >= 4 is 23.7 Å². The molecule has 2 amide bonds. The van der Waals surface area contributed by atoms with E-state index in [0.29, 0.717) is 34.9 Å². The van der Waals surface area contributed by atoms with Crippen LogP contribution < -0.4 is 24.8 Å². The smallest absolute Gasteiger partial charge is 0.497 e. The first-order valence-corrected chi connectivity index (χ1v) is 10.8. The Hall–Kier alpha value is -4.53. The van der Waals surface area contributed by atoms with Gasteiger partial charge in [0.25, 0.3) is 11.8 Å². The van der Waals surface area contributed by atoms with Crippen LogP contribution in [0.2, 0.25) is 0 Å². The average Bonchev–Trinajstić information content (AvgIpc) is 2.88. The minimum atomic E-state index is -0.802. The van der Waals surface area contributed by atoms with E-state index >= 15 is 0 Å². The van der Waals surface area contributed by atoms with Crippen molar-refractivity contribution < 1.29 is 33.3 Å².